The van der Waals surface area contributed by atoms with Gasteiger partial charge >= 0.3 is 0 Å². The zero-order valence-corrected chi connectivity index (χ0v) is 15.7. The summed E-state index contributed by atoms with van der Waals surface area (Å²) in [6.07, 6.45) is 0.673. The van der Waals surface area contributed by atoms with Crippen molar-refractivity contribution in [2.24, 2.45) is 0 Å². The lowest BCUT2D eigenvalue weighted by atomic mass is 10.1. The number of carbonyl (C=O) groups excluding carboxylic acids is 1. The van der Waals surface area contributed by atoms with E-state index < -0.39 is 0 Å². The lowest BCUT2D eigenvalue weighted by Crippen LogP contribution is -2.27. The Hall–Kier alpha value is -2.81. The van der Waals surface area contributed by atoms with Crippen LogP contribution in [0.2, 0.25) is 0 Å². The molecule has 0 aliphatic carbocycles. The predicted octanol–water partition coefficient (Wildman–Crippen LogP) is 1.78. The molecular formula is C17H20N6O2S. The fourth-order valence-corrected chi connectivity index (χ4v) is 3.12. The molecule has 0 saturated carbocycles. The molecule has 8 nitrogen and oxygen atoms in total. The third-order valence-electron chi connectivity index (χ3n) is 4.12. The topological polar surface area (TPSA) is 94.8 Å². The van der Waals surface area contributed by atoms with Gasteiger partial charge in [0, 0.05) is 6.54 Å². The predicted molar refractivity (Wildman–Crippen MR) is 97.5 cm³/mol. The number of benzene rings is 1. The molecule has 1 amide bonds. The van der Waals surface area contributed by atoms with Gasteiger partial charge in [-0.3, -0.25) is 4.79 Å². The minimum Gasteiger partial charge on any atom is -0.496 e. The van der Waals surface area contributed by atoms with Gasteiger partial charge in [0.2, 0.25) is 0 Å². The summed E-state index contributed by atoms with van der Waals surface area (Å²) in [5.74, 6) is 0.577. The van der Waals surface area contributed by atoms with Crippen LogP contribution in [0.3, 0.4) is 0 Å². The average Bonchev–Trinajstić information content (AvgIpc) is 3.22. The van der Waals surface area contributed by atoms with Crippen molar-refractivity contribution < 1.29 is 9.53 Å². The largest absolute Gasteiger partial charge is 0.496 e. The minimum absolute atomic E-state index is 0.239. The molecule has 0 unspecified atom stereocenters. The smallest absolute Gasteiger partial charge is 0.273 e. The Labute approximate surface area is 155 Å². The quantitative estimate of drug-likeness (QED) is 0.679. The van der Waals surface area contributed by atoms with Crippen molar-refractivity contribution in [3.8, 4) is 5.75 Å². The molecule has 0 atom stereocenters. The van der Waals surface area contributed by atoms with Gasteiger partial charge in [-0.05, 0) is 31.9 Å². The van der Waals surface area contributed by atoms with Crippen LogP contribution in [0.25, 0.3) is 0 Å². The fourth-order valence-electron chi connectivity index (χ4n) is 2.56. The van der Waals surface area contributed by atoms with Gasteiger partial charge in [0.1, 0.15) is 5.75 Å². The zero-order valence-electron chi connectivity index (χ0n) is 14.9. The van der Waals surface area contributed by atoms with Gasteiger partial charge in [0.25, 0.3) is 5.91 Å². The third kappa shape index (κ3) is 3.88. The van der Waals surface area contributed by atoms with Crippen molar-refractivity contribution in [2.45, 2.75) is 26.8 Å². The monoisotopic (exact) mass is 372 g/mol. The first kappa shape index (κ1) is 18.0. The van der Waals surface area contributed by atoms with E-state index in [4.69, 9.17) is 4.74 Å². The lowest BCUT2D eigenvalue weighted by Gasteiger charge is -2.08. The van der Waals surface area contributed by atoms with E-state index in [9.17, 15) is 4.79 Å². The van der Waals surface area contributed by atoms with Crippen LogP contribution in [0.1, 0.15) is 33.1 Å². The van der Waals surface area contributed by atoms with Crippen LogP contribution in [-0.2, 0) is 13.0 Å². The molecule has 1 aromatic carbocycles. The minimum atomic E-state index is -0.239. The number of rotatable bonds is 7. The second-order valence-corrected chi connectivity index (χ2v) is 6.32. The molecule has 0 radical (unpaired) electrons. The van der Waals surface area contributed by atoms with E-state index in [1.165, 1.54) is 11.7 Å². The summed E-state index contributed by atoms with van der Waals surface area (Å²) in [5.41, 5.74) is 3.78. The highest BCUT2D eigenvalue weighted by atomic mass is 32.1. The number of amides is 1. The Kier molecular flexibility index (Phi) is 5.57. The van der Waals surface area contributed by atoms with E-state index in [0.717, 1.165) is 22.7 Å². The lowest BCUT2D eigenvalue weighted by molar-refractivity contribution is 0.0948. The number of methoxy groups -OCH3 is 1. The maximum absolute atomic E-state index is 12.4. The van der Waals surface area contributed by atoms with E-state index in [1.54, 1.807) is 11.8 Å². The molecule has 2 heterocycles. The van der Waals surface area contributed by atoms with Crippen LogP contribution in [-0.4, -0.2) is 43.3 Å². The second-order valence-electron chi connectivity index (χ2n) is 5.80. The van der Waals surface area contributed by atoms with E-state index in [-0.39, 0.29) is 5.91 Å². The van der Waals surface area contributed by atoms with Crippen LogP contribution in [0.15, 0.2) is 24.3 Å². The van der Waals surface area contributed by atoms with Crippen LogP contribution < -0.4 is 10.1 Å². The van der Waals surface area contributed by atoms with Crippen molar-refractivity contribution in [2.75, 3.05) is 13.7 Å². The van der Waals surface area contributed by atoms with Crippen molar-refractivity contribution in [1.29, 1.82) is 0 Å². The number of aromatic nitrogens is 5. The number of hydrogen-bond donors (Lipinski definition) is 1. The van der Waals surface area contributed by atoms with Crippen LogP contribution >= 0.6 is 11.7 Å². The second kappa shape index (κ2) is 8.05. The number of carbonyl (C=O) groups is 1. The molecule has 0 aliphatic heterocycles. The van der Waals surface area contributed by atoms with E-state index in [1.807, 2.05) is 38.1 Å². The molecule has 26 heavy (non-hydrogen) atoms. The first-order valence-corrected chi connectivity index (χ1v) is 8.91. The number of nitrogens with one attached hydrogen (secondary N) is 1. The Morgan fingerprint density at radius 3 is 2.81 bits per heavy atom. The maximum atomic E-state index is 12.4. The average molecular weight is 372 g/mol. The summed E-state index contributed by atoms with van der Waals surface area (Å²) in [4.78, 5) is 12.4. The van der Waals surface area contributed by atoms with Crippen LogP contribution in [0.5, 0.6) is 5.75 Å². The van der Waals surface area contributed by atoms with Gasteiger partial charge in [-0.1, -0.05) is 23.4 Å². The van der Waals surface area contributed by atoms with Crippen molar-refractivity contribution in [3.63, 3.8) is 0 Å². The molecular weight excluding hydrogens is 352 g/mol. The molecule has 2 aromatic heterocycles. The summed E-state index contributed by atoms with van der Waals surface area (Å²) in [5, 5.41) is 11.0. The van der Waals surface area contributed by atoms with Gasteiger partial charge in [-0.25, -0.2) is 4.68 Å². The van der Waals surface area contributed by atoms with Gasteiger partial charge in [-0.2, -0.15) is 8.75 Å². The Bertz CT molecular complexity index is 904. The molecule has 0 spiro atoms. The van der Waals surface area contributed by atoms with Gasteiger partial charge in [0.05, 0.1) is 42.5 Å². The number of para-hydroxylation sites is 1. The zero-order chi connectivity index (χ0) is 18.5. The first-order valence-electron chi connectivity index (χ1n) is 8.18. The standard InChI is InChI=1S/C17H20N6O2S/c1-11-14(21-26-20-11)10-23-12(2)16(19-22-23)17(24)18-9-8-13-6-4-5-7-15(13)25-3/h4-7H,8-10H2,1-3H3,(H,18,24). The summed E-state index contributed by atoms with van der Waals surface area (Å²) in [6.45, 7) is 4.66. The van der Waals surface area contributed by atoms with Crippen molar-refractivity contribution >= 4 is 17.6 Å². The van der Waals surface area contributed by atoms with Crippen molar-refractivity contribution in [1.82, 2.24) is 29.1 Å². The molecule has 3 aromatic rings. The highest BCUT2D eigenvalue weighted by Crippen LogP contribution is 2.17. The molecule has 136 valence electrons. The van der Waals surface area contributed by atoms with Crippen molar-refractivity contribution in [3.05, 3.63) is 52.6 Å². The molecule has 0 aliphatic rings. The molecule has 0 saturated heterocycles. The Morgan fingerprint density at radius 1 is 1.27 bits per heavy atom. The summed E-state index contributed by atoms with van der Waals surface area (Å²) < 4.78 is 15.4. The molecule has 0 bridgehead atoms. The SMILES string of the molecule is COc1ccccc1CCNC(=O)c1nnn(Cc2nsnc2C)c1C. The van der Waals surface area contributed by atoms with E-state index in [0.29, 0.717) is 30.9 Å². The number of aryl methyl sites for hydroxylation is 1. The highest BCUT2D eigenvalue weighted by Gasteiger charge is 2.17. The highest BCUT2D eigenvalue weighted by molar-refractivity contribution is 6.99. The van der Waals surface area contributed by atoms with Gasteiger partial charge in [-0.15, -0.1) is 5.10 Å². The number of hydrogen-bond acceptors (Lipinski definition) is 7. The normalized spacial score (nSPS) is 10.7. The molecule has 0 fully saturated rings. The van der Waals surface area contributed by atoms with Crippen LogP contribution in [0.4, 0.5) is 0 Å². The van der Waals surface area contributed by atoms with E-state index in [2.05, 4.69) is 24.4 Å². The molecule has 1 N–H and O–H groups in total. The maximum Gasteiger partial charge on any atom is 0.273 e. The molecule has 3 rings (SSSR count). The first-order chi connectivity index (χ1) is 12.6. The molecule has 9 heteroatoms. The Balaban J connectivity index is 1.61. The summed E-state index contributed by atoms with van der Waals surface area (Å²) in [7, 11) is 1.64. The number of ether oxygens (including phenoxy) is 1. The fraction of sp³-hybridized carbons (Fsp3) is 0.353. The van der Waals surface area contributed by atoms with Gasteiger partial charge < -0.3 is 10.1 Å². The van der Waals surface area contributed by atoms with Gasteiger partial charge in [0.15, 0.2) is 5.69 Å². The summed E-state index contributed by atoms with van der Waals surface area (Å²) >= 11 is 1.17. The third-order valence-corrected chi connectivity index (χ3v) is 4.77. The number of nitrogens with zero attached hydrogens (tertiary/aromatic N) is 5. The van der Waals surface area contributed by atoms with E-state index >= 15 is 0 Å². The Morgan fingerprint density at radius 2 is 2.08 bits per heavy atom. The summed E-state index contributed by atoms with van der Waals surface area (Å²) in [6, 6.07) is 7.76. The van der Waals surface area contributed by atoms with Crippen LogP contribution in [0, 0.1) is 13.8 Å².